The van der Waals surface area contributed by atoms with E-state index < -0.39 is 7.77 Å². The van der Waals surface area contributed by atoms with Gasteiger partial charge in [0.05, 0.1) is 26.6 Å². The van der Waals surface area contributed by atoms with Gasteiger partial charge in [0, 0.05) is 0 Å². The summed E-state index contributed by atoms with van der Waals surface area (Å²) in [5.41, 5.74) is 0. The van der Waals surface area contributed by atoms with Crippen LogP contribution in [0.15, 0.2) is 0 Å². The molecule has 1 unspecified atom stereocenters. The van der Waals surface area contributed by atoms with E-state index in [0.717, 1.165) is 19.1 Å². The van der Waals surface area contributed by atoms with Crippen molar-refractivity contribution in [2.75, 3.05) is 13.0 Å². The average molecular weight is 190 g/mol. The standard InChI is InChI=1S/C8H15O3P/c1-2-3-6-11-8-12(10)7-4-5-9/h5,7H,2-4,6,8H2,1H3. The van der Waals surface area contributed by atoms with E-state index in [2.05, 4.69) is 6.92 Å². The maximum absolute atomic E-state index is 11.0. The number of ether oxygens (including phenoxy) is 1. The van der Waals surface area contributed by atoms with Crippen molar-refractivity contribution in [2.24, 2.45) is 0 Å². The van der Waals surface area contributed by atoms with Gasteiger partial charge in [-0.15, -0.1) is 0 Å². The normalized spacial score (nSPS) is 11.7. The minimum atomic E-state index is -1.43. The molecule has 0 amide bonds. The van der Waals surface area contributed by atoms with Gasteiger partial charge in [-0.1, -0.05) is 13.3 Å². The first-order chi connectivity index (χ1) is 5.81. The van der Waals surface area contributed by atoms with Gasteiger partial charge in [0.1, 0.15) is 6.29 Å². The zero-order chi connectivity index (χ0) is 9.23. The van der Waals surface area contributed by atoms with Crippen LogP contribution in [0.1, 0.15) is 26.2 Å². The summed E-state index contributed by atoms with van der Waals surface area (Å²) in [6.07, 6.45) is 3.32. The van der Waals surface area contributed by atoms with Gasteiger partial charge in [0.2, 0.25) is 6.35 Å². The van der Waals surface area contributed by atoms with E-state index in [1.54, 1.807) is 0 Å². The second-order valence-electron chi connectivity index (χ2n) is 2.39. The van der Waals surface area contributed by atoms with Crippen LogP contribution < -0.4 is 4.89 Å². The maximum Gasteiger partial charge on any atom is 0.200 e. The molecule has 0 fully saturated rings. The van der Waals surface area contributed by atoms with Crippen LogP contribution in [0.2, 0.25) is 0 Å². The lowest BCUT2D eigenvalue weighted by Gasteiger charge is -1.99. The van der Waals surface area contributed by atoms with E-state index in [1.165, 1.54) is 5.80 Å². The van der Waals surface area contributed by atoms with Gasteiger partial charge in [-0.25, -0.2) is 0 Å². The van der Waals surface area contributed by atoms with Crippen LogP contribution in [-0.4, -0.2) is 25.0 Å². The molecule has 4 heteroatoms. The van der Waals surface area contributed by atoms with Gasteiger partial charge >= 0.3 is 0 Å². The fraction of sp³-hybridized carbons (Fsp3) is 0.750. The molecule has 70 valence electrons. The molecule has 0 aromatic rings. The molecule has 0 aliphatic heterocycles. The van der Waals surface area contributed by atoms with Crippen molar-refractivity contribution in [3.8, 4) is 0 Å². The quantitative estimate of drug-likeness (QED) is 0.340. The number of unbranched alkanes of at least 4 members (excludes halogenated alkanes) is 1. The summed E-state index contributed by atoms with van der Waals surface area (Å²) in [5, 5.41) is 0. The largest absolute Gasteiger partial charge is 0.629 e. The molecule has 0 saturated carbocycles. The molecule has 3 nitrogen and oxygen atoms in total. The van der Waals surface area contributed by atoms with E-state index in [-0.39, 0.29) is 12.8 Å². The third-order valence-electron chi connectivity index (χ3n) is 1.27. The van der Waals surface area contributed by atoms with Gasteiger partial charge in [0.25, 0.3) is 0 Å². The molecule has 0 aromatic heterocycles. The number of rotatable bonds is 7. The van der Waals surface area contributed by atoms with Crippen LogP contribution in [-0.2, 0) is 9.53 Å². The summed E-state index contributed by atoms with van der Waals surface area (Å²) in [6, 6.07) is 0. The van der Waals surface area contributed by atoms with Crippen molar-refractivity contribution in [1.82, 2.24) is 0 Å². The third kappa shape index (κ3) is 7.86. The minimum Gasteiger partial charge on any atom is -0.629 e. The Morgan fingerprint density at radius 2 is 2.33 bits per heavy atom. The van der Waals surface area contributed by atoms with Crippen LogP contribution in [0, 0.1) is 0 Å². The number of carbonyl (C=O) groups is 1. The zero-order valence-corrected chi connectivity index (χ0v) is 8.26. The fourth-order valence-electron chi connectivity index (χ4n) is 0.614. The minimum absolute atomic E-state index is 0.253. The van der Waals surface area contributed by atoms with Crippen molar-refractivity contribution in [2.45, 2.75) is 26.2 Å². The molecule has 0 spiro atoms. The Bertz CT molecular complexity index is 145. The predicted molar refractivity (Wildman–Crippen MR) is 49.4 cm³/mol. The Morgan fingerprint density at radius 1 is 1.58 bits per heavy atom. The number of hydrogen-bond acceptors (Lipinski definition) is 3. The molecule has 0 radical (unpaired) electrons. The van der Waals surface area contributed by atoms with Crippen LogP contribution in [0.5, 0.6) is 0 Å². The Morgan fingerprint density at radius 3 is 2.92 bits per heavy atom. The lowest BCUT2D eigenvalue weighted by Crippen LogP contribution is -2.00. The first-order valence-corrected chi connectivity index (χ1v) is 5.61. The number of hydrogen-bond donors (Lipinski definition) is 0. The predicted octanol–water partition coefficient (Wildman–Crippen LogP) is 0.909. The Balaban J connectivity index is 3.29. The van der Waals surface area contributed by atoms with E-state index in [9.17, 15) is 9.69 Å². The average Bonchev–Trinajstić information content (AvgIpc) is 2.09. The van der Waals surface area contributed by atoms with Crippen LogP contribution in [0.25, 0.3) is 0 Å². The fourth-order valence-corrected chi connectivity index (χ4v) is 1.35. The highest BCUT2D eigenvalue weighted by atomic mass is 31.1. The molecule has 0 rings (SSSR count). The van der Waals surface area contributed by atoms with E-state index in [4.69, 9.17) is 4.74 Å². The lowest BCUT2D eigenvalue weighted by atomic mass is 10.4. The summed E-state index contributed by atoms with van der Waals surface area (Å²) < 4.78 is 5.10. The van der Waals surface area contributed by atoms with Gasteiger partial charge in [-0.05, 0) is 6.42 Å². The molecule has 0 N–H and O–H groups in total. The van der Waals surface area contributed by atoms with Crippen molar-refractivity contribution >= 4 is 19.9 Å². The summed E-state index contributed by atoms with van der Waals surface area (Å²) in [6.45, 7) is 2.73. The SMILES string of the molecule is CCCCOC[P+]([O-])=CCC=O. The molecule has 0 aromatic carbocycles. The highest BCUT2D eigenvalue weighted by molar-refractivity contribution is 7.49. The Hall–Kier alpha value is -0.240. The monoisotopic (exact) mass is 190 g/mol. The maximum atomic E-state index is 11.0. The van der Waals surface area contributed by atoms with Crippen LogP contribution in [0.3, 0.4) is 0 Å². The Kier molecular flexibility index (Phi) is 8.68. The smallest absolute Gasteiger partial charge is 0.200 e. The van der Waals surface area contributed by atoms with Crippen LogP contribution >= 0.6 is 7.77 Å². The van der Waals surface area contributed by atoms with E-state index in [1.807, 2.05) is 0 Å². The van der Waals surface area contributed by atoms with Gasteiger partial charge < -0.3 is 14.4 Å². The van der Waals surface area contributed by atoms with E-state index in [0.29, 0.717) is 6.61 Å². The molecule has 0 bridgehead atoms. The third-order valence-corrected chi connectivity index (χ3v) is 2.32. The second-order valence-corrected chi connectivity index (χ2v) is 3.85. The Labute approximate surface area is 74.2 Å². The topological polar surface area (TPSA) is 49.4 Å². The summed E-state index contributed by atoms with van der Waals surface area (Å²) >= 11 is 0. The van der Waals surface area contributed by atoms with Gasteiger partial charge in [-0.3, -0.25) is 0 Å². The van der Waals surface area contributed by atoms with Crippen molar-refractivity contribution < 1.29 is 14.4 Å². The van der Waals surface area contributed by atoms with E-state index >= 15 is 0 Å². The first kappa shape index (κ1) is 11.8. The summed E-state index contributed by atoms with van der Waals surface area (Å²) in [7, 11) is -1.43. The zero-order valence-electron chi connectivity index (χ0n) is 7.36. The highest BCUT2D eigenvalue weighted by Crippen LogP contribution is 2.09. The van der Waals surface area contributed by atoms with Crippen molar-refractivity contribution in [3.05, 3.63) is 0 Å². The second kappa shape index (κ2) is 8.85. The molecule has 0 saturated heterocycles. The molecule has 0 heterocycles. The highest BCUT2D eigenvalue weighted by Gasteiger charge is 1.94. The number of aldehydes is 1. The molecule has 0 aliphatic carbocycles. The summed E-state index contributed by atoms with van der Waals surface area (Å²) in [4.78, 5) is 20.9. The molecule has 0 aliphatic rings. The molecular formula is C8H15O3P. The molecule has 12 heavy (non-hydrogen) atoms. The van der Waals surface area contributed by atoms with Crippen molar-refractivity contribution in [3.63, 3.8) is 0 Å². The lowest BCUT2D eigenvalue weighted by molar-refractivity contribution is -0.157. The summed E-state index contributed by atoms with van der Waals surface area (Å²) in [5.74, 6) is 1.49. The molecule has 1 atom stereocenters. The van der Waals surface area contributed by atoms with Crippen molar-refractivity contribution in [1.29, 1.82) is 0 Å². The van der Waals surface area contributed by atoms with Gasteiger partial charge in [0.15, 0.2) is 0 Å². The first-order valence-electron chi connectivity index (χ1n) is 4.09. The van der Waals surface area contributed by atoms with Crippen LogP contribution in [0.4, 0.5) is 0 Å². The van der Waals surface area contributed by atoms with Gasteiger partial charge in [-0.2, -0.15) is 0 Å². The molecular weight excluding hydrogens is 175 g/mol. The number of carbonyl (C=O) groups excluding carboxylic acids is 1.